The van der Waals surface area contributed by atoms with Gasteiger partial charge in [-0.3, -0.25) is 0 Å². The molecule has 1 N–H and O–H groups in total. The molecule has 0 spiro atoms. The lowest BCUT2D eigenvalue weighted by Crippen LogP contribution is -2.33. The molecule has 22 heavy (non-hydrogen) atoms. The van der Waals surface area contributed by atoms with E-state index in [1.54, 1.807) is 16.8 Å². The van der Waals surface area contributed by atoms with E-state index in [4.69, 9.17) is 9.47 Å². The first kappa shape index (κ1) is 16.1. The molecule has 7 nitrogen and oxygen atoms in total. The summed E-state index contributed by atoms with van der Waals surface area (Å²) in [6.07, 6.45) is 3.83. The Hall–Kier alpha value is -2.31. The molecule has 120 valence electrons. The minimum atomic E-state index is -0.483. The Kier molecular flexibility index (Phi) is 4.85. The Morgan fingerprint density at radius 3 is 2.91 bits per heavy atom. The van der Waals surface area contributed by atoms with E-state index in [0.717, 1.165) is 11.2 Å². The summed E-state index contributed by atoms with van der Waals surface area (Å²) in [5.74, 6) is 0.549. The number of hydrogen-bond acceptors (Lipinski definition) is 5. The van der Waals surface area contributed by atoms with Crippen LogP contribution in [-0.2, 0) is 4.74 Å². The number of amides is 1. The molecule has 0 aromatic carbocycles. The van der Waals surface area contributed by atoms with Gasteiger partial charge in [0.05, 0.1) is 12.8 Å². The first-order chi connectivity index (χ1) is 10.3. The van der Waals surface area contributed by atoms with Crippen LogP contribution >= 0.6 is 0 Å². The second-order valence-electron chi connectivity index (χ2n) is 5.99. The predicted molar refractivity (Wildman–Crippen MR) is 82.1 cm³/mol. The van der Waals surface area contributed by atoms with E-state index in [1.165, 1.54) is 0 Å². The number of fused-ring (bicyclic) bond motifs is 1. The minimum absolute atomic E-state index is 0.415. The molecule has 2 aromatic rings. The van der Waals surface area contributed by atoms with Crippen LogP contribution in [-0.4, -0.2) is 39.4 Å². The fourth-order valence-electron chi connectivity index (χ4n) is 1.80. The number of nitrogens with zero attached hydrogens (tertiary/aromatic N) is 3. The third-order valence-corrected chi connectivity index (χ3v) is 2.76. The second kappa shape index (κ2) is 6.64. The van der Waals surface area contributed by atoms with Crippen LogP contribution in [0.2, 0.25) is 0 Å². The monoisotopic (exact) mass is 306 g/mol. The Morgan fingerprint density at radius 2 is 2.18 bits per heavy atom. The zero-order valence-electron chi connectivity index (χ0n) is 13.4. The van der Waals surface area contributed by atoms with Crippen molar-refractivity contribution in [1.82, 2.24) is 19.9 Å². The maximum atomic E-state index is 11.4. The van der Waals surface area contributed by atoms with E-state index in [-0.39, 0.29) is 0 Å². The zero-order chi connectivity index (χ0) is 16.2. The fourth-order valence-corrected chi connectivity index (χ4v) is 1.80. The van der Waals surface area contributed by atoms with Crippen LogP contribution in [0.25, 0.3) is 5.65 Å². The normalized spacial score (nSPS) is 11.5. The number of aromatic nitrogens is 3. The fraction of sp³-hybridized carbons (Fsp3) is 0.533. The molecule has 2 rings (SSSR count). The van der Waals surface area contributed by atoms with Crippen LogP contribution in [0.15, 0.2) is 18.5 Å². The van der Waals surface area contributed by atoms with Crippen molar-refractivity contribution >= 4 is 11.7 Å². The number of hydrogen-bond donors (Lipinski definition) is 1. The summed E-state index contributed by atoms with van der Waals surface area (Å²) in [5.41, 5.74) is 1.30. The van der Waals surface area contributed by atoms with Crippen molar-refractivity contribution in [3.63, 3.8) is 0 Å². The molecule has 0 unspecified atom stereocenters. The van der Waals surface area contributed by atoms with Gasteiger partial charge in [0.15, 0.2) is 5.65 Å². The highest BCUT2D eigenvalue weighted by atomic mass is 16.6. The van der Waals surface area contributed by atoms with Gasteiger partial charge in [-0.1, -0.05) is 0 Å². The van der Waals surface area contributed by atoms with Crippen LogP contribution < -0.4 is 10.1 Å². The van der Waals surface area contributed by atoms with Gasteiger partial charge >= 0.3 is 6.09 Å². The SMILES string of the molecule is Cc1cnn2ccc(OCCCNC(=O)OC(C)(C)C)nc12. The third-order valence-electron chi connectivity index (χ3n) is 2.76. The number of carbonyl (C=O) groups is 1. The molecule has 0 aliphatic rings. The summed E-state index contributed by atoms with van der Waals surface area (Å²) in [5, 5.41) is 6.84. The van der Waals surface area contributed by atoms with Crippen molar-refractivity contribution in [2.75, 3.05) is 13.2 Å². The lowest BCUT2D eigenvalue weighted by atomic mass is 10.2. The molecule has 7 heteroatoms. The second-order valence-corrected chi connectivity index (χ2v) is 5.99. The standard InChI is InChI=1S/C15H22N4O3/c1-11-10-17-19-8-6-12(18-13(11)19)21-9-5-7-16-14(20)22-15(2,3)4/h6,8,10H,5,7,9H2,1-4H3,(H,16,20). The maximum absolute atomic E-state index is 11.4. The van der Waals surface area contributed by atoms with Crippen molar-refractivity contribution in [3.8, 4) is 5.88 Å². The first-order valence-corrected chi connectivity index (χ1v) is 7.26. The molecule has 0 bridgehead atoms. The molecule has 2 aromatic heterocycles. The van der Waals surface area contributed by atoms with Crippen LogP contribution in [0.4, 0.5) is 4.79 Å². The highest BCUT2D eigenvalue weighted by molar-refractivity contribution is 5.67. The Bertz CT molecular complexity index is 646. The lowest BCUT2D eigenvalue weighted by Gasteiger charge is -2.19. The van der Waals surface area contributed by atoms with Gasteiger partial charge in [0.25, 0.3) is 0 Å². The molecule has 2 heterocycles. The van der Waals surface area contributed by atoms with E-state index < -0.39 is 11.7 Å². The molecule has 0 fully saturated rings. The average Bonchev–Trinajstić information content (AvgIpc) is 2.78. The van der Waals surface area contributed by atoms with E-state index in [1.807, 2.05) is 33.9 Å². The zero-order valence-corrected chi connectivity index (χ0v) is 13.4. The number of carbonyl (C=O) groups excluding carboxylic acids is 1. The van der Waals surface area contributed by atoms with Gasteiger partial charge in [-0.15, -0.1) is 0 Å². The molecule has 0 aliphatic carbocycles. The van der Waals surface area contributed by atoms with E-state index in [2.05, 4.69) is 15.4 Å². The van der Waals surface area contributed by atoms with Crippen LogP contribution in [0.1, 0.15) is 32.8 Å². The number of rotatable bonds is 5. The molecule has 0 aliphatic heterocycles. The Morgan fingerprint density at radius 1 is 1.41 bits per heavy atom. The van der Waals surface area contributed by atoms with Gasteiger partial charge in [0, 0.05) is 24.4 Å². The van der Waals surface area contributed by atoms with E-state index in [0.29, 0.717) is 25.5 Å². The summed E-state index contributed by atoms with van der Waals surface area (Å²) in [6, 6.07) is 1.76. The first-order valence-electron chi connectivity index (χ1n) is 7.26. The Labute approximate surface area is 129 Å². The predicted octanol–water partition coefficient (Wildman–Crippen LogP) is 2.33. The lowest BCUT2D eigenvalue weighted by molar-refractivity contribution is 0.0525. The smallest absolute Gasteiger partial charge is 0.407 e. The van der Waals surface area contributed by atoms with Gasteiger partial charge in [-0.25, -0.2) is 9.31 Å². The van der Waals surface area contributed by atoms with Crippen molar-refractivity contribution in [1.29, 1.82) is 0 Å². The molecule has 0 radical (unpaired) electrons. The molecule has 0 atom stereocenters. The summed E-state index contributed by atoms with van der Waals surface area (Å²) in [6.45, 7) is 8.39. The topological polar surface area (TPSA) is 77.8 Å². The molecular weight excluding hydrogens is 284 g/mol. The average molecular weight is 306 g/mol. The minimum Gasteiger partial charge on any atom is -0.478 e. The third kappa shape index (κ3) is 4.61. The van der Waals surface area contributed by atoms with Gasteiger partial charge in [-0.2, -0.15) is 10.1 Å². The maximum Gasteiger partial charge on any atom is 0.407 e. The molecule has 0 saturated carbocycles. The van der Waals surface area contributed by atoms with Gasteiger partial charge in [-0.05, 0) is 34.1 Å². The van der Waals surface area contributed by atoms with E-state index >= 15 is 0 Å². The van der Waals surface area contributed by atoms with Crippen LogP contribution in [0.5, 0.6) is 5.88 Å². The number of alkyl carbamates (subject to hydrolysis) is 1. The van der Waals surface area contributed by atoms with Gasteiger partial charge < -0.3 is 14.8 Å². The quantitative estimate of drug-likeness (QED) is 0.858. The summed E-state index contributed by atoms with van der Waals surface area (Å²) in [4.78, 5) is 15.8. The van der Waals surface area contributed by atoms with Crippen molar-refractivity contribution in [2.24, 2.45) is 0 Å². The van der Waals surface area contributed by atoms with Gasteiger partial charge in [0.2, 0.25) is 5.88 Å². The summed E-state index contributed by atoms with van der Waals surface area (Å²) >= 11 is 0. The van der Waals surface area contributed by atoms with Crippen molar-refractivity contribution in [3.05, 3.63) is 24.0 Å². The number of ether oxygens (including phenoxy) is 2. The molecule has 0 saturated heterocycles. The largest absolute Gasteiger partial charge is 0.478 e. The summed E-state index contributed by atoms with van der Waals surface area (Å²) in [7, 11) is 0. The van der Waals surface area contributed by atoms with Crippen LogP contribution in [0, 0.1) is 6.92 Å². The number of aryl methyl sites for hydroxylation is 1. The molecule has 1 amide bonds. The summed E-state index contributed by atoms with van der Waals surface area (Å²) < 4.78 is 12.4. The Balaban J connectivity index is 1.72. The number of nitrogens with one attached hydrogen (secondary N) is 1. The highest BCUT2D eigenvalue weighted by Gasteiger charge is 2.15. The van der Waals surface area contributed by atoms with Crippen molar-refractivity contribution in [2.45, 2.75) is 39.7 Å². The van der Waals surface area contributed by atoms with Gasteiger partial charge in [0.1, 0.15) is 5.60 Å². The van der Waals surface area contributed by atoms with Crippen LogP contribution in [0.3, 0.4) is 0 Å². The highest BCUT2D eigenvalue weighted by Crippen LogP contribution is 2.12. The van der Waals surface area contributed by atoms with Crippen molar-refractivity contribution < 1.29 is 14.3 Å². The molecular formula is C15H22N4O3. The van der Waals surface area contributed by atoms with E-state index in [9.17, 15) is 4.79 Å².